The third kappa shape index (κ3) is 5.52. The van der Waals surface area contributed by atoms with Crippen LogP contribution in [0.15, 0.2) is 77.0 Å². The van der Waals surface area contributed by atoms with Gasteiger partial charge in [-0.25, -0.2) is 10.4 Å². The van der Waals surface area contributed by atoms with Crippen molar-refractivity contribution >= 4 is 46.0 Å². The van der Waals surface area contributed by atoms with Gasteiger partial charge in [-0.05, 0) is 55.0 Å². The van der Waals surface area contributed by atoms with Gasteiger partial charge in [-0.15, -0.1) is 0 Å². The molecule has 34 heavy (non-hydrogen) atoms. The molecule has 0 aliphatic carbocycles. The minimum atomic E-state index is -0.250. The molecule has 2 N–H and O–H groups in total. The van der Waals surface area contributed by atoms with Crippen molar-refractivity contribution in [3.8, 4) is 11.5 Å². The molecule has 0 unspecified atom stereocenters. The molecule has 0 fully saturated rings. The number of phenolic OH excluding ortho intramolecular Hbond substituents is 1. The van der Waals surface area contributed by atoms with Crippen LogP contribution < -0.4 is 10.2 Å². The van der Waals surface area contributed by atoms with Gasteiger partial charge in [0, 0.05) is 10.6 Å². The lowest BCUT2D eigenvalue weighted by atomic mass is 10.1. The number of para-hydroxylation sites is 2. The van der Waals surface area contributed by atoms with Crippen LogP contribution in [-0.4, -0.2) is 39.1 Å². The number of hydrazone groups is 1. The third-order valence-electron chi connectivity index (χ3n) is 5.15. The molecule has 0 atom stereocenters. The van der Waals surface area contributed by atoms with E-state index < -0.39 is 0 Å². The van der Waals surface area contributed by atoms with Crippen molar-refractivity contribution < 1.29 is 14.6 Å². The number of carbonyl (C=O) groups is 1. The lowest BCUT2D eigenvalue weighted by molar-refractivity contribution is -0.118. The second kappa shape index (κ2) is 10.6. The number of fused-ring (bicyclic) bond motifs is 1. The molecule has 1 heterocycles. The fraction of sp³-hybridized carbons (Fsp3) is 0.160. The predicted molar refractivity (Wildman–Crippen MR) is 136 cm³/mol. The number of carbonyl (C=O) groups excluding carboxylic acids is 1. The van der Waals surface area contributed by atoms with E-state index in [2.05, 4.69) is 15.1 Å². The number of imidazole rings is 1. The van der Waals surface area contributed by atoms with Gasteiger partial charge >= 0.3 is 0 Å². The summed E-state index contributed by atoms with van der Waals surface area (Å²) in [4.78, 5) is 17.2. The summed E-state index contributed by atoms with van der Waals surface area (Å²) in [5.41, 5.74) is 6.86. The maximum absolute atomic E-state index is 12.5. The van der Waals surface area contributed by atoms with Crippen LogP contribution in [-0.2, 0) is 11.3 Å². The van der Waals surface area contributed by atoms with Crippen molar-refractivity contribution in [3.63, 3.8) is 0 Å². The zero-order chi connectivity index (χ0) is 24.1. The van der Waals surface area contributed by atoms with E-state index in [9.17, 15) is 9.90 Å². The van der Waals surface area contributed by atoms with Crippen LogP contribution in [0.3, 0.4) is 0 Å². The molecule has 1 amide bonds. The SMILES string of the molecule is COc1cc(/C(C)=N\NC(=O)CSc2nc3ccccc3n2Cc2ccc(Cl)cc2)ccc1O. The molecule has 0 radical (unpaired) electrons. The largest absolute Gasteiger partial charge is 0.504 e. The third-order valence-corrected chi connectivity index (χ3v) is 6.38. The standard InChI is InChI=1S/C25H23ClN4O3S/c1-16(18-9-12-22(31)23(13-18)33-2)28-29-24(32)15-34-25-27-20-5-3-4-6-21(20)30(25)14-17-7-10-19(26)11-8-17/h3-13,31H,14-15H2,1-2H3,(H,29,32)/b28-16-. The lowest BCUT2D eigenvalue weighted by Crippen LogP contribution is -2.21. The van der Waals surface area contributed by atoms with E-state index in [0.29, 0.717) is 23.0 Å². The highest BCUT2D eigenvalue weighted by molar-refractivity contribution is 7.99. The summed E-state index contributed by atoms with van der Waals surface area (Å²) >= 11 is 7.37. The minimum absolute atomic E-state index is 0.0426. The molecular weight excluding hydrogens is 472 g/mol. The van der Waals surface area contributed by atoms with Gasteiger partial charge < -0.3 is 14.4 Å². The Kier molecular flexibility index (Phi) is 7.40. The number of aromatic nitrogens is 2. The first-order valence-electron chi connectivity index (χ1n) is 10.5. The van der Waals surface area contributed by atoms with Crippen LogP contribution in [0.5, 0.6) is 11.5 Å². The van der Waals surface area contributed by atoms with Crippen molar-refractivity contribution in [1.29, 1.82) is 0 Å². The summed E-state index contributed by atoms with van der Waals surface area (Å²) in [5, 5.41) is 15.4. The average Bonchev–Trinajstić information content (AvgIpc) is 3.20. The van der Waals surface area contributed by atoms with Crippen molar-refractivity contribution in [2.45, 2.75) is 18.6 Å². The zero-order valence-corrected chi connectivity index (χ0v) is 20.2. The van der Waals surface area contributed by atoms with E-state index in [0.717, 1.165) is 27.3 Å². The van der Waals surface area contributed by atoms with E-state index in [1.807, 2.05) is 48.5 Å². The summed E-state index contributed by atoms with van der Waals surface area (Å²) in [7, 11) is 1.48. The molecule has 1 aromatic heterocycles. The molecule has 0 bridgehead atoms. The molecule has 174 valence electrons. The number of benzene rings is 3. The fourth-order valence-electron chi connectivity index (χ4n) is 3.36. The number of aromatic hydroxyl groups is 1. The molecule has 0 saturated heterocycles. The molecule has 7 nitrogen and oxygen atoms in total. The average molecular weight is 495 g/mol. The predicted octanol–water partition coefficient (Wildman–Crippen LogP) is 5.08. The second-order valence-corrected chi connectivity index (χ2v) is 8.88. The number of phenols is 1. The number of nitrogens with zero attached hydrogens (tertiary/aromatic N) is 3. The van der Waals surface area contributed by atoms with Crippen molar-refractivity contribution in [2.24, 2.45) is 5.10 Å². The number of amides is 1. The molecular formula is C25H23ClN4O3S. The number of ether oxygens (including phenoxy) is 1. The molecule has 4 rings (SSSR count). The maximum Gasteiger partial charge on any atom is 0.250 e. The van der Waals surface area contributed by atoms with Crippen molar-refractivity contribution in [3.05, 3.63) is 82.9 Å². The summed E-state index contributed by atoms with van der Waals surface area (Å²) in [6, 6.07) is 20.5. The summed E-state index contributed by atoms with van der Waals surface area (Å²) in [6.07, 6.45) is 0. The Hall–Kier alpha value is -3.49. The molecule has 3 aromatic carbocycles. The molecule has 0 aliphatic rings. The van der Waals surface area contributed by atoms with E-state index in [4.69, 9.17) is 21.3 Å². The number of hydrogen-bond acceptors (Lipinski definition) is 6. The highest BCUT2D eigenvalue weighted by Gasteiger charge is 2.14. The fourth-order valence-corrected chi connectivity index (χ4v) is 4.30. The Morgan fingerprint density at radius 3 is 2.71 bits per heavy atom. The lowest BCUT2D eigenvalue weighted by Gasteiger charge is -2.09. The number of halogens is 1. The van der Waals surface area contributed by atoms with Gasteiger partial charge in [-0.1, -0.05) is 47.6 Å². The van der Waals surface area contributed by atoms with Crippen LogP contribution in [0.25, 0.3) is 11.0 Å². The Morgan fingerprint density at radius 1 is 1.18 bits per heavy atom. The number of hydrogen-bond donors (Lipinski definition) is 2. The number of methoxy groups -OCH3 is 1. The minimum Gasteiger partial charge on any atom is -0.504 e. The quantitative estimate of drug-likeness (QED) is 0.202. The van der Waals surface area contributed by atoms with Gasteiger partial charge in [0.25, 0.3) is 5.91 Å². The Labute approximate surface area is 206 Å². The maximum atomic E-state index is 12.5. The van der Waals surface area contributed by atoms with Gasteiger partial charge in [0.05, 0.1) is 36.2 Å². The highest BCUT2D eigenvalue weighted by atomic mass is 35.5. The summed E-state index contributed by atoms with van der Waals surface area (Å²) < 4.78 is 7.21. The smallest absolute Gasteiger partial charge is 0.250 e. The van der Waals surface area contributed by atoms with Crippen LogP contribution in [0.2, 0.25) is 5.02 Å². The number of rotatable bonds is 8. The van der Waals surface area contributed by atoms with Crippen LogP contribution in [0, 0.1) is 0 Å². The summed E-state index contributed by atoms with van der Waals surface area (Å²) in [5.74, 6) is 0.286. The molecule has 4 aromatic rings. The van der Waals surface area contributed by atoms with Crippen LogP contribution >= 0.6 is 23.4 Å². The van der Waals surface area contributed by atoms with Gasteiger partial charge in [0.2, 0.25) is 0 Å². The van der Waals surface area contributed by atoms with Gasteiger partial charge in [0.1, 0.15) is 0 Å². The number of nitrogens with one attached hydrogen (secondary N) is 1. The van der Waals surface area contributed by atoms with Crippen molar-refractivity contribution in [2.75, 3.05) is 12.9 Å². The molecule has 0 spiro atoms. The second-order valence-electron chi connectivity index (χ2n) is 7.50. The molecule has 9 heteroatoms. The van der Waals surface area contributed by atoms with E-state index in [-0.39, 0.29) is 17.4 Å². The van der Waals surface area contributed by atoms with E-state index in [1.165, 1.54) is 24.9 Å². The summed E-state index contributed by atoms with van der Waals surface area (Å²) in [6.45, 7) is 2.38. The van der Waals surface area contributed by atoms with E-state index in [1.54, 1.807) is 19.1 Å². The van der Waals surface area contributed by atoms with E-state index >= 15 is 0 Å². The first-order valence-corrected chi connectivity index (χ1v) is 11.8. The topological polar surface area (TPSA) is 88.7 Å². The Morgan fingerprint density at radius 2 is 1.94 bits per heavy atom. The van der Waals surface area contributed by atoms with Crippen LogP contribution in [0.4, 0.5) is 0 Å². The first-order chi connectivity index (χ1) is 16.4. The first kappa shape index (κ1) is 23.7. The van der Waals surface area contributed by atoms with Crippen molar-refractivity contribution in [1.82, 2.24) is 15.0 Å². The zero-order valence-electron chi connectivity index (χ0n) is 18.7. The molecule has 0 aliphatic heterocycles. The Balaban J connectivity index is 1.46. The van der Waals surface area contributed by atoms with Crippen LogP contribution in [0.1, 0.15) is 18.1 Å². The Bertz CT molecular complexity index is 1350. The number of thioether (sulfide) groups is 1. The van der Waals surface area contributed by atoms with Gasteiger partial charge in [-0.3, -0.25) is 4.79 Å². The highest BCUT2D eigenvalue weighted by Crippen LogP contribution is 2.27. The normalized spacial score (nSPS) is 11.6. The molecule has 0 saturated carbocycles. The van der Waals surface area contributed by atoms with Gasteiger partial charge in [-0.2, -0.15) is 5.10 Å². The monoisotopic (exact) mass is 494 g/mol. The van der Waals surface area contributed by atoms with Gasteiger partial charge in [0.15, 0.2) is 16.7 Å².